The van der Waals surface area contributed by atoms with Crippen LogP contribution in [0.1, 0.15) is 12.0 Å². The van der Waals surface area contributed by atoms with Crippen molar-refractivity contribution in [3.05, 3.63) is 54.4 Å². The number of morpholine rings is 1. The Balaban J connectivity index is 1.45. The molecule has 34 heavy (non-hydrogen) atoms. The van der Waals surface area contributed by atoms with E-state index in [0.717, 1.165) is 67.5 Å². The van der Waals surface area contributed by atoms with Crippen molar-refractivity contribution in [2.24, 2.45) is 0 Å². The topological polar surface area (TPSA) is 106 Å². The summed E-state index contributed by atoms with van der Waals surface area (Å²) in [5.41, 5.74) is 2.34. The molecule has 0 spiro atoms. The summed E-state index contributed by atoms with van der Waals surface area (Å²) in [4.78, 5) is 21.9. The first kappa shape index (κ1) is 23.5. The summed E-state index contributed by atoms with van der Waals surface area (Å²) in [6.07, 6.45) is 5.06. The quantitative estimate of drug-likeness (QED) is 0.344. The summed E-state index contributed by atoms with van der Waals surface area (Å²) in [7, 11) is 1.61. The number of ether oxygens (including phenoxy) is 3. The highest BCUT2D eigenvalue weighted by Crippen LogP contribution is 2.34. The van der Waals surface area contributed by atoms with Crippen LogP contribution in [0.3, 0.4) is 0 Å². The lowest BCUT2D eigenvalue weighted by Gasteiger charge is -2.26. The summed E-state index contributed by atoms with van der Waals surface area (Å²) in [6.45, 7) is 5.07. The zero-order valence-electron chi connectivity index (χ0n) is 19.1. The molecule has 9 heteroatoms. The van der Waals surface area contributed by atoms with Crippen molar-refractivity contribution in [2.75, 3.05) is 51.9 Å². The molecule has 0 amide bonds. The van der Waals surface area contributed by atoms with Gasteiger partial charge in [0.2, 0.25) is 0 Å². The van der Waals surface area contributed by atoms with Crippen LogP contribution in [0.4, 0.5) is 11.5 Å². The molecule has 1 aliphatic rings. The standard InChI is InChI=1S/C25H28N4O5/c1-32-22-15-20-21(16-23(22)34-12-2-9-29-10-13-33-14-11-29)26-17-27-25(20)28-19-6-3-18(4-7-19)5-8-24(30)31/h3-8,15-17H,2,9-14H2,1H3,(H,30,31)(H,26,27,28). The molecule has 1 fully saturated rings. The van der Waals surface area contributed by atoms with Crippen molar-refractivity contribution in [3.63, 3.8) is 0 Å². The number of aromatic nitrogens is 2. The first-order chi connectivity index (χ1) is 16.6. The van der Waals surface area contributed by atoms with E-state index in [-0.39, 0.29) is 0 Å². The van der Waals surface area contributed by atoms with Gasteiger partial charge in [0.05, 0.1) is 32.4 Å². The summed E-state index contributed by atoms with van der Waals surface area (Å²) < 4.78 is 17.0. The molecule has 0 unspecified atom stereocenters. The van der Waals surface area contributed by atoms with Gasteiger partial charge in [0.25, 0.3) is 0 Å². The Hall–Kier alpha value is -3.69. The Morgan fingerprint density at radius 2 is 1.97 bits per heavy atom. The van der Waals surface area contributed by atoms with Gasteiger partial charge in [0.15, 0.2) is 11.5 Å². The number of methoxy groups -OCH3 is 1. The van der Waals surface area contributed by atoms with Crippen LogP contribution < -0.4 is 14.8 Å². The van der Waals surface area contributed by atoms with Crippen molar-refractivity contribution in [3.8, 4) is 11.5 Å². The fourth-order valence-electron chi connectivity index (χ4n) is 3.71. The van der Waals surface area contributed by atoms with Gasteiger partial charge in [0, 0.05) is 42.9 Å². The first-order valence-corrected chi connectivity index (χ1v) is 11.2. The highest BCUT2D eigenvalue weighted by Gasteiger charge is 2.13. The lowest BCUT2D eigenvalue weighted by atomic mass is 10.1. The maximum atomic E-state index is 10.7. The average molecular weight is 465 g/mol. The predicted octanol–water partition coefficient (Wildman–Crippen LogP) is 3.58. The molecule has 1 aliphatic heterocycles. The maximum absolute atomic E-state index is 10.7. The molecular weight excluding hydrogens is 436 g/mol. The number of hydrogen-bond donors (Lipinski definition) is 2. The van der Waals surface area contributed by atoms with E-state index >= 15 is 0 Å². The molecule has 0 radical (unpaired) electrons. The molecule has 0 atom stereocenters. The molecule has 4 rings (SSSR count). The number of rotatable bonds is 10. The number of fused-ring (bicyclic) bond motifs is 1. The summed E-state index contributed by atoms with van der Waals surface area (Å²) in [5.74, 6) is 0.919. The maximum Gasteiger partial charge on any atom is 0.328 e. The van der Waals surface area contributed by atoms with Gasteiger partial charge in [-0.25, -0.2) is 14.8 Å². The zero-order chi connectivity index (χ0) is 23.8. The number of hydrogen-bond acceptors (Lipinski definition) is 8. The minimum absolute atomic E-state index is 0.581. The van der Waals surface area contributed by atoms with Gasteiger partial charge < -0.3 is 24.6 Å². The number of aliphatic carboxylic acids is 1. The Morgan fingerprint density at radius 1 is 1.18 bits per heavy atom. The van der Waals surface area contributed by atoms with E-state index in [0.29, 0.717) is 23.9 Å². The lowest BCUT2D eigenvalue weighted by molar-refractivity contribution is -0.131. The number of carboxylic acids is 1. The molecule has 2 N–H and O–H groups in total. The molecular formula is C25H28N4O5. The minimum Gasteiger partial charge on any atom is -0.493 e. The molecule has 1 aromatic heterocycles. The SMILES string of the molecule is COc1cc2c(Nc3ccc(C=CC(=O)O)cc3)ncnc2cc1OCCCN1CCOCC1. The Bertz CT molecular complexity index is 1140. The number of anilines is 2. The second kappa shape index (κ2) is 11.4. The van der Waals surface area contributed by atoms with Crippen LogP contribution in [0.2, 0.25) is 0 Å². The zero-order valence-corrected chi connectivity index (χ0v) is 19.1. The normalized spacial score (nSPS) is 14.4. The van der Waals surface area contributed by atoms with Crippen LogP contribution in [0.25, 0.3) is 17.0 Å². The molecule has 2 aromatic carbocycles. The third-order valence-electron chi connectivity index (χ3n) is 5.49. The molecule has 2 heterocycles. The van der Waals surface area contributed by atoms with E-state index in [9.17, 15) is 4.79 Å². The Labute approximate surface area is 198 Å². The monoisotopic (exact) mass is 464 g/mol. The third-order valence-corrected chi connectivity index (χ3v) is 5.49. The summed E-state index contributed by atoms with van der Waals surface area (Å²) >= 11 is 0. The van der Waals surface area contributed by atoms with Gasteiger partial charge in [-0.1, -0.05) is 12.1 Å². The summed E-state index contributed by atoms with van der Waals surface area (Å²) in [5, 5.41) is 12.9. The Morgan fingerprint density at radius 3 is 2.71 bits per heavy atom. The van der Waals surface area contributed by atoms with E-state index in [1.165, 1.54) is 6.33 Å². The number of benzene rings is 2. The van der Waals surface area contributed by atoms with E-state index in [1.807, 2.05) is 36.4 Å². The Kier molecular flexibility index (Phi) is 7.90. The van der Waals surface area contributed by atoms with E-state index in [1.54, 1.807) is 13.2 Å². The second-order valence-corrected chi connectivity index (χ2v) is 7.82. The van der Waals surface area contributed by atoms with Crippen molar-refractivity contribution >= 4 is 34.5 Å². The van der Waals surface area contributed by atoms with E-state index in [2.05, 4.69) is 20.2 Å². The van der Waals surface area contributed by atoms with Crippen LogP contribution in [-0.2, 0) is 9.53 Å². The third kappa shape index (κ3) is 6.21. The number of carbonyl (C=O) groups is 1. The van der Waals surface area contributed by atoms with E-state index < -0.39 is 5.97 Å². The van der Waals surface area contributed by atoms with Crippen molar-refractivity contribution in [1.82, 2.24) is 14.9 Å². The molecule has 1 saturated heterocycles. The van der Waals surface area contributed by atoms with Crippen LogP contribution in [0.5, 0.6) is 11.5 Å². The fraction of sp³-hybridized carbons (Fsp3) is 0.320. The number of nitrogens with zero attached hydrogens (tertiary/aromatic N) is 3. The first-order valence-electron chi connectivity index (χ1n) is 11.2. The number of carboxylic acid groups (broad SMARTS) is 1. The van der Waals surface area contributed by atoms with Gasteiger partial charge in [-0.2, -0.15) is 0 Å². The van der Waals surface area contributed by atoms with Gasteiger partial charge in [0.1, 0.15) is 12.1 Å². The van der Waals surface area contributed by atoms with Crippen LogP contribution in [-0.4, -0.2) is 72.5 Å². The smallest absolute Gasteiger partial charge is 0.328 e. The highest BCUT2D eigenvalue weighted by molar-refractivity contribution is 5.93. The van der Waals surface area contributed by atoms with Crippen LogP contribution in [0.15, 0.2) is 48.8 Å². The van der Waals surface area contributed by atoms with Crippen molar-refractivity contribution in [1.29, 1.82) is 0 Å². The van der Waals surface area contributed by atoms with Gasteiger partial charge >= 0.3 is 5.97 Å². The van der Waals surface area contributed by atoms with Gasteiger partial charge in [-0.3, -0.25) is 4.90 Å². The number of nitrogens with one attached hydrogen (secondary N) is 1. The van der Waals surface area contributed by atoms with Crippen molar-refractivity contribution < 1.29 is 24.1 Å². The molecule has 178 valence electrons. The molecule has 0 bridgehead atoms. The van der Waals surface area contributed by atoms with Gasteiger partial charge in [-0.15, -0.1) is 0 Å². The van der Waals surface area contributed by atoms with Gasteiger partial charge in [-0.05, 0) is 36.3 Å². The van der Waals surface area contributed by atoms with Crippen LogP contribution >= 0.6 is 0 Å². The largest absolute Gasteiger partial charge is 0.493 e. The minimum atomic E-state index is -0.982. The molecule has 3 aromatic rings. The molecule has 9 nitrogen and oxygen atoms in total. The summed E-state index contributed by atoms with van der Waals surface area (Å²) in [6, 6.07) is 11.1. The molecule has 0 saturated carbocycles. The molecule has 0 aliphatic carbocycles. The van der Waals surface area contributed by atoms with E-state index in [4.69, 9.17) is 19.3 Å². The lowest BCUT2D eigenvalue weighted by Crippen LogP contribution is -2.37. The average Bonchev–Trinajstić information content (AvgIpc) is 2.86. The second-order valence-electron chi connectivity index (χ2n) is 7.82. The van der Waals surface area contributed by atoms with Crippen LogP contribution in [0, 0.1) is 0 Å². The highest BCUT2D eigenvalue weighted by atomic mass is 16.5. The predicted molar refractivity (Wildman–Crippen MR) is 130 cm³/mol. The van der Waals surface area contributed by atoms with Crippen molar-refractivity contribution in [2.45, 2.75) is 6.42 Å². The fourth-order valence-corrected chi connectivity index (χ4v) is 3.71.